The molecule has 8 heteroatoms. The minimum absolute atomic E-state index is 0.131. The predicted molar refractivity (Wildman–Crippen MR) is 103 cm³/mol. The van der Waals surface area contributed by atoms with E-state index in [-0.39, 0.29) is 30.2 Å². The molecule has 144 valence electrons. The van der Waals surface area contributed by atoms with E-state index in [4.69, 9.17) is 16.3 Å². The topological polar surface area (TPSA) is 92.8 Å². The van der Waals surface area contributed by atoms with Gasteiger partial charge in [0.2, 0.25) is 11.8 Å². The van der Waals surface area contributed by atoms with E-state index in [2.05, 4.69) is 5.32 Å². The van der Waals surface area contributed by atoms with E-state index in [9.17, 15) is 19.2 Å². The van der Waals surface area contributed by atoms with Gasteiger partial charge in [-0.15, -0.1) is 0 Å². The number of halogens is 1. The molecule has 3 amide bonds. The van der Waals surface area contributed by atoms with Crippen LogP contribution in [0.15, 0.2) is 42.5 Å². The van der Waals surface area contributed by atoms with E-state index in [1.165, 1.54) is 18.2 Å². The summed E-state index contributed by atoms with van der Waals surface area (Å²) in [5.74, 6) is -1.92. The number of carbonyl (C=O) groups is 4. The number of hydrogen-bond donors (Lipinski definition) is 1. The van der Waals surface area contributed by atoms with E-state index in [1.807, 2.05) is 6.92 Å². The molecule has 2 aromatic carbocycles. The van der Waals surface area contributed by atoms with Gasteiger partial charge in [-0.2, -0.15) is 0 Å². The van der Waals surface area contributed by atoms with Gasteiger partial charge in [0.1, 0.15) is 0 Å². The van der Waals surface area contributed by atoms with Crippen LogP contribution in [0.5, 0.6) is 0 Å². The second-order valence-electron chi connectivity index (χ2n) is 6.28. The van der Waals surface area contributed by atoms with Crippen LogP contribution in [0.3, 0.4) is 0 Å². The molecule has 0 radical (unpaired) electrons. The molecule has 1 aliphatic heterocycles. The Morgan fingerprint density at radius 3 is 2.50 bits per heavy atom. The van der Waals surface area contributed by atoms with Crippen molar-refractivity contribution in [3.05, 3.63) is 58.6 Å². The summed E-state index contributed by atoms with van der Waals surface area (Å²) in [6.07, 6.45) is 0.296. The third-order valence-corrected chi connectivity index (χ3v) is 4.44. The molecule has 0 aliphatic carbocycles. The molecule has 0 spiro atoms. The average Bonchev–Trinajstić information content (AvgIpc) is 3.00. The van der Waals surface area contributed by atoms with Gasteiger partial charge in [0, 0.05) is 12.8 Å². The minimum atomic E-state index is -0.744. The molecule has 7 nitrogen and oxygen atoms in total. The van der Waals surface area contributed by atoms with Crippen LogP contribution in [-0.4, -0.2) is 30.3 Å². The molecule has 28 heavy (non-hydrogen) atoms. The lowest BCUT2D eigenvalue weighted by Gasteiger charge is -2.14. The van der Waals surface area contributed by atoms with Gasteiger partial charge < -0.3 is 10.1 Å². The van der Waals surface area contributed by atoms with Gasteiger partial charge in [-0.3, -0.25) is 19.3 Å². The van der Waals surface area contributed by atoms with E-state index < -0.39 is 18.5 Å². The Bertz CT molecular complexity index is 957. The number of nitrogens with one attached hydrogen (secondary N) is 1. The maximum absolute atomic E-state index is 12.2. The van der Waals surface area contributed by atoms with Crippen molar-refractivity contribution in [3.63, 3.8) is 0 Å². The number of rotatable bonds is 5. The van der Waals surface area contributed by atoms with Gasteiger partial charge in [0.05, 0.1) is 22.0 Å². The number of esters is 1. The maximum Gasteiger partial charge on any atom is 0.338 e. The van der Waals surface area contributed by atoms with Crippen LogP contribution in [0, 0.1) is 6.92 Å². The molecule has 1 fully saturated rings. The van der Waals surface area contributed by atoms with Crippen LogP contribution in [0.25, 0.3) is 0 Å². The highest BCUT2D eigenvalue weighted by Crippen LogP contribution is 2.24. The summed E-state index contributed by atoms with van der Waals surface area (Å²) in [6.45, 7) is 1.37. The molecule has 0 atom stereocenters. The molecule has 1 N–H and O–H groups in total. The number of hydrogen-bond acceptors (Lipinski definition) is 5. The SMILES string of the molecule is Cc1ccc(NC(=O)COC(=O)c2cccc(N3C(=O)CCC3=O)c2)c(Cl)c1. The van der Waals surface area contributed by atoms with Gasteiger partial charge in [-0.05, 0) is 42.8 Å². The molecular formula is C20H17ClN2O5. The fraction of sp³-hybridized carbons (Fsp3) is 0.200. The third-order valence-electron chi connectivity index (χ3n) is 4.12. The Hall–Kier alpha value is -3.19. The zero-order chi connectivity index (χ0) is 20.3. The Balaban J connectivity index is 1.62. The number of imide groups is 1. The second-order valence-corrected chi connectivity index (χ2v) is 6.69. The van der Waals surface area contributed by atoms with Gasteiger partial charge in [-0.1, -0.05) is 23.7 Å². The lowest BCUT2D eigenvalue weighted by Crippen LogP contribution is -2.28. The Labute approximate surface area is 166 Å². The summed E-state index contributed by atoms with van der Waals surface area (Å²) in [6, 6.07) is 11.1. The fourth-order valence-electron chi connectivity index (χ4n) is 2.76. The lowest BCUT2D eigenvalue weighted by molar-refractivity contribution is -0.121. The summed E-state index contributed by atoms with van der Waals surface area (Å²) in [5.41, 5.74) is 1.80. The van der Waals surface area contributed by atoms with E-state index in [1.54, 1.807) is 24.3 Å². The average molecular weight is 401 g/mol. The van der Waals surface area contributed by atoms with Crippen LogP contribution in [0.1, 0.15) is 28.8 Å². The first-order valence-corrected chi connectivity index (χ1v) is 8.92. The zero-order valence-electron chi connectivity index (χ0n) is 15.0. The van der Waals surface area contributed by atoms with E-state index in [0.29, 0.717) is 16.4 Å². The van der Waals surface area contributed by atoms with Crippen LogP contribution in [0.4, 0.5) is 11.4 Å². The van der Waals surface area contributed by atoms with Crippen LogP contribution < -0.4 is 10.2 Å². The van der Waals surface area contributed by atoms with Gasteiger partial charge in [0.15, 0.2) is 6.61 Å². The monoisotopic (exact) mass is 400 g/mol. The molecule has 0 saturated carbocycles. The van der Waals surface area contributed by atoms with E-state index >= 15 is 0 Å². The molecule has 2 aromatic rings. The van der Waals surface area contributed by atoms with Gasteiger partial charge >= 0.3 is 5.97 Å². The highest BCUT2D eigenvalue weighted by Gasteiger charge is 2.30. The molecule has 0 unspecified atom stereocenters. The predicted octanol–water partition coefficient (Wildman–Crippen LogP) is 3.10. The number of ether oxygens (including phenoxy) is 1. The summed E-state index contributed by atoms with van der Waals surface area (Å²) in [5, 5.41) is 2.95. The summed E-state index contributed by atoms with van der Waals surface area (Å²) < 4.78 is 5.01. The Morgan fingerprint density at radius 1 is 1.11 bits per heavy atom. The van der Waals surface area contributed by atoms with Crippen LogP contribution in [0.2, 0.25) is 5.02 Å². The molecule has 1 saturated heterocycles. The van der Waals surface area contributed by atoms with Crippen molar-refractivity contribution in [1.29, 1.82) is 0 Å². The standard InChI is InChI=1S/C20H17ClN2O5/c1-12-5-6-16(15(21)9-12)22-17(24)11-28-20(27)13-3-2-4-14(10-13)23-18(25)7-8-19(23)26/h2-6,9-10H,7-8,11H2,1H3,(H,22,24). The van der Waals surface area contributed by atoms with Gasteiger partial charge in [0.25, 0.3) is 5.91 Å². The highest BCUT2D eigenvalue weighted by atomic mass is 35.5. The number of nitrogens with zero attached hydrogens (tertiary/aromatic N) is 1. The molecule has 3 rings (SSSR count). The van der Waals surface area contributed by atoms with Crippen molar-refractivity contribution in [1.82, 2.24) is 0 Å². The van der Waals surface area contributed by atoms with Crippen molar-refractivity contribution in [2.75, 3.05) is 16.8 Å². The zero-order valence-corrected chi connectivity index (χ0v) is 15.8. The molecule has 1 aliphatic rings. The van der Waals surface area contributed by atoms with Crippen molar-refractivity contribution in [2.45, 2.75) is 19.8 Å². The van der Waals surface area contributed by atoms with E-state index in [0.717, 1.165) is 10.5 Å². The normalized spacial score (nSPS) is 13.6. The molecular weight excluding hydrogens is 384 g/mol. The third kappa shape index (κ3) is 4.37. The molecule has 0 aromatic heterocycles. The van der Waals surface area contributed by atoms with Crippen molar-refractivity contribution in [2.24, 2.45) is 0 Å². The Morgan fingerprint density at radius 2 is 1.82 bits per heavy atom. The molecule has 1 heterocycles. The Kier molecular flexibility index (Phi) is 5.75. The fourth-order valence-corrected chi connectivity index (χ4v) is 3.04. The highest BCUT2D eigenvalue weighted by molar-refractivity contribution is 6.33. The van der Waals surface area contributed by atoms with Crippen molar-refractivity contribution < 1.29 is 23.9 Å². The second kappa shape index (κ2) is 8.22. The van der Waals surface area contributed by atoms with Crippen LogP contribution >= 0.6 is 11.6 Å². The first-order valence-electron chi connectivity index (χ1n) is 8.54. The summed E-state index contributed by atoms with van der Waals surface area (Å²) >= 11 is 6.05. The molecule has 0 bridgehead atoms. The smallest absolute Gasteiger partial charge is 0.338 e. The first kappa shape index (κ1) is 19.6. The number of anilines is 2. The van der Waals surface area contributed by atoms with Crippen LogP contribution in [-0.2, 0) is 19.1 Å². The largest absolute Gasteiger partial charge is 0.452 e. The lowest BCUT2D eigenvalue weighted by atomic mass is 10.2. The number of benzene rings is 2. The minimum Gasteiger partial charge on any atom is -0.452 e. The summed E-state index contributed by atoms with van der Waals surface area (Å²) in [4.78, 5) is 48.9. The summed E-state index contributed by atoms with van der Waals surface area (Å²) in [7, 11) is 0. The van der Waals surface area contributed by atoms with Gasteiger partial charge in [-0.25, -0.2) is 4.79 Å². The number of aryl methyl sites for hydroxylation is 1. The van der Waals surface area contributed by atoms with Crippen molar-refractivity contribution >= 4 is 46.7 Å². The quantitative estimate of drug-likeness (QED) is 0.615. The number of carbonyl (C=O) groups excluding carboxylic acids is 4. The number of amides is 3. The van der Waals surface area contributed by atoms with Crippen molar-refractivity contribution in [3.8, 4) is 0 Å². The maximum atomic E-state index is 12.2. The first-order chi connectivity index (χ1) is 13.3.